The van der Waals surface area contributed by atoms with Gasteiger partial charge in [0.25, 0.3) is 0 Å². The fraction of sp³-hybridized carbons (Fsp3) is 0.462. The highest BCUT2D eigenvalue weighted by atomic mass is 35.5. The highest BCUT2D eigenvalue weighted by molar-refractivity contribution is 6.33. The minimum Gasteiger partial charge on any atom is -0.493 e. The molecule has 1 aliphatic carbocycles. The second-order valence-electron chi connectivity index (χ2n) is 9.67. The van der Waals surface area contributed by atoms with E-state index in [4.69, 9.17) is 21.1 Å². The second-order valence-corrected chi connectivity index (χ2v) is 10.1. The molecule has 2 aliphatic rings. The van der Waals surface area contributed by atoms with Gasteiger partial charge in [-0.2, -0.15) is 13.2 Å². The van der Waals surface area contributed by atoms with Crippen molar-refractivity contribution in [1.82, 2.24) is 10.6 Å². The first-order valence-corrected chi connectivity index (χ1v) is 12.6. The molecule has 1 saturated heterocycles. The number of ether oxygens (including phenoxy) is 2. The first kappa shape index (κ1) is 28.8. The Labute approximate surface area is 227 Å². The third-order valence-electron chi connectivity index (χ3n) is 7.31. The van der Waals surface area contributed by atoms with Crippen LogP contribution in [0.3, 0.4) is 0 Å². The van der Waals surface area contributed by atoms with Crippen LogP contribution in [0.25, 0.3) is 0 Å². The van der Waals surface area contributed by atoms with Crippen molar-refractivity contribution in [2.24, 2.45) is 5.41 Å². The molecule has 1 aliphatic heterocycles. The van der Waals surface area contributed by atoms with Gasteiger partial charge in [0, 0.05) is 18.2 Å². The zero-order valence-electron chi connectivity index (χ0n) is 21.2. The van der Waals surface area contributed by atoms with Crippen LogP contribution in [0.15, 0.2) is 36.4 Å². The fourth-order valence-corrected chi connectivity index (χ4v) is 5.61. The molecule has 2 aromatic rings. The van der Waals surface area contributed by atoms with E-state index in [0.717, 1.165) is 37.1 Å². The number of amides is 2. The van der Waals surface area contributed by atoms with E-state index in [1.165, 1.54) is 0 Å². The molecule has 39 heavy (non-hydrogen) atoms. The van der Waals surface area contributed by atoms with E-state index in [2.05, 4.69) is 15.5 Å². The lowest BCUT2D eigenvalue weighted by atomic mass is 9.66. The molecule has 1 heterocycles. The van der Waals surface area contributed by atoms with Gasteiger partial charge in [0.1, 0.15) is 11.5 Å². The topological polar surface area (TPSA) is 89.1 Å². The Balaban J connectivity index is 1.49. The highest BCUT2D eigenvalue weighted by Gasteiger charge is 2.48. The number of nitrogens with zero attached hydrogens (tertiary/aromatic N) is 1. The van der Waals surface area contributed by atoms with E-state index in [9.17, 15) is 27.2 Å². The lowest BCUT2D eigenvalue weighted by Crippen LogP contribution is -2.53. The SMILES string of the molecule is COc1ccc(C[C@@]23CCN[C@H]2C[C@H](NC(=O)N(OC(=O)C(F)(F)F)c2cc(F)ccc2Cl)CC3)cc1OC. The molecule has 4 rings (SSSR count). The van der Waals surface area contributed by atoms with E-state index in [1.54, 1.807) is 14.2 Å². The van der Waals surface area contributed by atoms with Crippen molar-refractivity contribution in [3.63, 3.8) is 0 Å². The third kappa shape index (κ3) is 6.33. The number of methoxy groups -OCH3 is 2. The molecule has 0 bridgehead atoms. The Morgan fingerprint density at radius 2 is 1.87 bits per heavy atom. The largest absolute Gasteiger partial charge is 0.493 e. The van der Waals surface area contributed by atoms with Crippen molar-refractivity contribution in [2.75, 3.05) is 25.8 Å². The summed E-state index contributed by atoms with van der Waals surface area (Å²) < 4.78 is 63.4. The van der Waals surface area contributed by atoms with Gasteiger partial charge in [-0.15, -0.1) is 5.06 Å². The average molecular weight is 574 g/mol. The van der Waals surface area contributed by atoms with Crippen LogP contribution in [0, 0.1) is 11.2 Å². The van der Waals surface area contributed by atoms with E-state index >= 15 is 0 Å². The molecular weight excluding hydrogens is 546 g/mol. The van der Waals surface area contributed by atoms with Crippen molar-refractivity contribution in [1.29, 1.82) is 0 Å². The van der Waals surface area contributed by atoms with E-state index in [0.29, 0.717) is 36.8 Å². The van der Waals surface area contributed by atoms with Gasteiger partial charge >= 0.3 is 18.2 Å². The second kappa shape index (κ2) is 11.5. The Hall–Kier alpha value is -3.25. The number of benzene rings is 2. The molecule has 2 N–H and O–H groups in total. The molecular formula is C26H28ClF4N3O5. The molecule has 1 saturated carbocycles. The summed E-state index contributed by atoms with van der Waals surface area (Å²) in [7, 11) is 3.14. The van der Waals surface area contributed by atoms with Gasteiger partial charge in [0.2, 0.25) is 0 Å². The monoisotopic (exact) mass is 573 g/mol. The van der Waals surface area contributed by atoms with E-state index < -0.39 is 35.7 Å². The van der Waals surface area contributed by atoms with Crippen LogP contribution in [0.5, 0.6) is 11.5 Å². The lowest BCUT2D eigenvalue weighted by Gasteiger charge is -2.43. The predicted molar refractivity (Wildman–Crippen MR) is 134 cm³/mol. The Bertz CT molecular complexity index is 1230. The first-order chi connectivity index (χ1) is 18.5. The van der Waals surface area contributed by atoms with Crippen LogP contribution in [0.4, 0.5) is 28.0 Å². The minimum atomic E-state index is -5.39. The minimum absolute atomic E-state index is 0.00794. The van der Waals surface area contributed by atoms with Crippen molar-refractivity contribution >= 4 is 29.3 Å². The van der Waals surface area contributed by atoms with Crippen molar-refractivity contribution < 1.29 is 41.5 Å². The maximum atomic E-state index is 13.9. The molecule has 0 spiro atoms. The van der Waals surface area contributed by atoms with Gasteiger partial charge in [-0.25, -0.2) is 14.0 Å². The van der Waals surface area contributed by atoms with Crippen molar-refractivity contribution in [3.8, 4) is 11.5 Å². The Kier molecular flexibility index (Phi) is 8.45. The smallest absolute Gasteiger partial charge is 0.493 e. The van der Waals surface area contributed by atoms with Crippen molar-refractivity contribution in [2.45, 2.75) is 50.4 Å². The fourth-order valence-electron chi connectivity index (χ4n) is 5.42. The summed E-state index contributed by atoms with van der Waals surface area (Å²) in [6.07, 6.45) is -2.01. The van der Waals surface area contributed by atoms with Gasteiger partial charge in [-0.1, -0.05) is 17.7 Å². The van der Waals surface area contributed by atoms with Crippen LogP contribution >= 0.6 is 11.6 Å². The summed E-state index contributed by atoms with van der Waals surface area (Å²) in [5.41, 5.74) is 0.425. The number of fused-ring (bicyclic) bond motifs is 1. The number of hydroxylamine groups is 1. The number of carbonyl (C=O) groups excluding carboxylic acids is 2. The summed E-state index contributed by atoms with van der Waals surface area (Å²) in [6.45, 7) is 0.771. The molecule has 0 radical (unpaired) electrons. The van der Waals surface area contributed by atoms with Crippen LogP contribution in [-0.2, 0) is 16.1 Å². The van der Waals surface area contributed by atoms with Crippen LogP contribution in [0.1, 0.15) is 31.2 Å². The molecule has 13 heteroatoms. The summed E-state index contributed by atoms with van der Waals surface area (Å²) >= 11 is 6.00. The van der Waals surface area contributed by atoms with Gasteiger partial charge in [-0.3, -0.25) is 0 Å². The predicted octanol–water partition coefficient (Wildman–Crippen LogP) is 5.18. The lowest BCUT2D eigenvalue weighted by molar-refractivity contribution is -0.199. The maximum Gasteiger partial charge on any atom is 0.493 e. The first-order valence-electron chi connectivity index (χ1n) is 12.2. The number of halogens is 5. The number of hydrogen-bond donors (Lipinski definition) is 2. The van der Waals surface area contributed by atoms with Crippen LogP contribution < -0.4 is 25.2 Å². The number of hydrogen-bond acceptors (Lipinski definition) is 6. The molecule has 2 amide bonds. The Morgan fingerprint density at radius 3 is 2.56 bits per heavy atom. The summed E-state index contributed by atoms with van der Waals surface area (Å²) in [6, 6.07) is 6.86. The van der Waals surface area contributed by atoms with Gasteiger partial charge in [0.15, 0.2) is 11.5 Å². The zero-order chi connectivity index (χ0) is 28.4. The average Bonchev–Trinajstić information content (AvgIpc) is 3.30. The normalized spacial score (nSPS) is 22.5. The summed E-state index contributed by atoms with van der Waals surface area (Å²) in [4.78, 5) is 29.0. The number of nitrogens with one attached hydrogen (secondary N) is 2. The zero-order valence-corrected chi connectivity index (χ0v) is 22.0. The van der Waals surface area contributed by atoms with Crippen LogP contribution in [0.2, 0.25) is 5.02 Å². The molecule has 3 atom stereocenters. The molecule has 0 unspecified atom stereocenters. The van der Waals surface area contributed by atoms with Gasteiger partial charge in [-0.05, 0) is 73.9 Å². The molecule has 0 aromatic heterocycles. The summed E-state index contributed by atoms with van der Waals surface area (Å²) in [5.74, 6) is -2.28. The van der Waals surface area contributed by atoms with Crippen molar-refractivity contribution in [3.05, 3.63) is 52.8 Å². The maximum absolute atomic E-state index is 13.9. The molecule has 212 valence electrons. The molecule has 8 nitrogen and oxygen atoms in total. The Morgan fingerprint density at radius 1 is 1.13 bits per heavy atom. The third-order valence-corrected chi connectivity index (χ3v) is 7.63. The quantitative estimate of drug-likeness (QED) is 0.366. The van der Waals surface area contributed by atoms with E-state index in [-0.39, 0.29) is 21.5 Å². The molecule has 2 aromatic carbocycles. The number of alkyl halides is 3. The van der Waals surface area contributed by atoms with E-state index in [1.807, 2.05) is 18.2 Å². The molecule has 2 fully saturated rings. The number of carbonyl (C=O) groups is 2. The number of urea groups is 1. The van der Waals surface area contributed by atoms with Gasteiger partial charge in [0.05, 0.1) is 19.2 Å². The highest BCUT2D eigenvalue weighted by Crippen LogP contribution is 2.46. The van der Waals surface area contributed by atoms with Crippen LogP contribution in [-0.4, -0.2) is 51.0 Å². The number of rotatable bonds is 6. The summed E-state index contributed by atoms with van der Waals surface area (Å²) in [5, 5.41) is 5.88. The number of anilines is 1. The standard InChI is InChI=1S/C26H28ClF4N3O5/c1-37-20-6-3-15(11-21(20)38-2)14-25-8-7-17(13-22(25)32-10-9-25)33-24(36)34(39-23(35)26(29,30)31)19-12-16(28)4-5-18(19)27/h3-6,11-12,17,22,32H,7-10,13-14H2,1-2H3,(H,33,36)/t17-,22+,25-/m1/s1. The van der Waals surface area contributed by atoms with Gasteiger partial charge < -0.3 is 24.9 Å².